The van der Waals surface area contributed by atoms with Crippen molar-refractivity contribution in [3.63, 3.8) is 0 Å². The molecule has 1 saturated heterocycles. The Labute approximate surface area is 90.3 Å². The minimum absolute atomic E-state index is 0.479. The number of piperidine rings is 1. The van der Waals surface area contributed by atoms with E-state index < -0.39 is 0 Å². The molecular weight excluding hydrogens is 186 g/mol. The van der Waals surface area contributed by atoms with Gasteiger partial charge in [-0.25, -0.2) is 5.01 Å². The van der Waals surface area contributed by atoms with Crippen molar-refractivity contribution in [2.45, 2.75) is 25.7 Å². The zero-order valence-electron chi connectivity index (χ0n) is 8.95. The van der Waals surface area contributed by atoms with Gasteiger partial charge in [0.05, 0.1) is 0 Å². The van der Waals surface area contributed by atoms with Crippen LogP contribution in [0.4, 0.5) is 0 Å². The van der Waals surface area contributed by atoms with Crippen molar-refractivity contribution in [2.24, 2.45) is 11.3 Å². The average molecular weight is 203 g/mol. The number of rotatable bonds is 0. The lowest BCUT2D eigenvalue weighted by Crippen LogP contribution is -2.44. The van der Waals surface area contributed by atoms with Gasteiger partial charge in [0, 0.05) is 25.0 Å². The molecule has 1 aromatic rings. The second kappa shape index (κ2) is 3.29. The number of hydrogen-bond donors (Lipinski definition) is 1. The minimum atomic E-state index is 0.479. The first kappa shape index (κ1) is 9.31. The normalized spacial score (nSPS) is 24.3. The van der Waals surface area contributed by atoms with E-state index in [2.05, 4.69) is 17.1 Å². The summed E-state index contributed by atoms with van der Waals surface area (Å²) >= 11 is 0. The van der Waals surface area contributed by atoms with Gasteiger partial charge in [-0.3, -0.25) is 10.8 Å². The molecule has 15 heavy (non-hydrogen) atoms. The van der Waals surface area contributed by atoms with Crippen LogP contribution >= 0.6 is 0 Å². The molecule has 2 aliphatic rings. The highest BCUT2D eigenvalue weighted by Gasteiger charge is 2.39. The van der Waals surface area contributed by atoms with Crippen molar-refractivity contribution in [1.29, 1.82) is 0 Å². The molecule has 3 nitrogen and oxygen atoms in total. The number of hydrazine groups is 1. The van der Waals surface area contributed by atoms with Gasteiger partial charge in [0.25, 0.3) is 0 Å². The molecule has 0 aromatic carbocycles. The first-order valence-electron chi connectivity index (χ1n) is 5.70. The van der Waals surface area contributed by atoms with Gasteiger partial charge < -0.3 is 0 Å². The van der Waals surface area contributed by atoms with E-state index in [1.807, 2.05) is 11.2 Å². The van der Waals surface area contributed by atoms with Crippen molar-refractivity contribution >= 4 is 0 Å². The fraction of sp³-hybridized carbons (Fsp3) is 0.583. The molecule has 0 atom stereocenters. The summed E-state index contributed by atoms with van der Waals surface area (Å²) in [4.78, 5) is 4.48. The second-order valence-corrected chi connectivity index (χ2v) is 5.00. The highest BCUT2D eigenvalue weighted by molar-refractivity contribution is 5.28. The molecule has 3 heteroatoms. The van der Waals surface area contributed by atoms with Gasteiger partial charge in [0.15, 0.2) is 0 Å². The van der Waals surface area contributed by atoms with Crippen LogP contribution in [0, 0.1) is 5.41 Å². The van der Waals surface area contributed by atoms with Gasteiger partial charge in [0.1, 0.15) is 0 Å². The Hall–Kier alpha value is -0.930. The van der Waals surface area contributed by atoms with Gasteiger partial charge in [-0.1, -0.05) is 6.07 Å². The van der Waals surface area contributed by atoms with E-state index in [0.717, 1.165) is 19.5 Å². The quantitative estimate of drug-likeness (QED) is 0.643. The predicted molar refractivity (Wildman–Crippen MR) is 59.1 cm³/mol. The minimum Gasteiger partial charge on any atom is -0.269 e. The molecule has 0 amide bonds. The largest absolute Gasteiger partial charge is 0.269 e. The molecule has 2 heterocycles. The highest BCUT2D eigenvalue weighted by atomic mass is 15.4. The number of aromatic nitrogens is 1. The standard InChI is InChI=1S/C12H17N3/c13-15-6-3-12(4-7-15)8-10-2-1-5-14-11(10)9-12/h1-2,5H,3-4,6-9,13H2. The van der Waals surface area contributed by atoms with Crippen LogP contribution in [0.1, 0.15) is 24.1 Å². The Morgan fingerprint density at radius 2 is 2.07 bits per heavy atom. The summed E-state index contributed by atoms with van der Waals surface area (Å²) in [5, 5.41) is 1.95. The summed E-state index contributed by atoms with van der Waals surface area (Å²) in [6.45, 7) is 2.07. The van der Waals surface area contributed by atoms with Crippen molar-refractivity contribution in [2.75, 3.05) is 13.1 Å². The van der Waals surface area contributed by atoms with Crippen molar-refractivity contribution in [1.82, 2.24) is 9.99 Å². The molecule has 1 spiro atoms. The van der Waals surface area contributed by atoms with Crippen molar-refractivity contribution in [3.05, 3.63) is 29.6 Å². The molecule has 0 radical (unpaired) electrons. The molecule has 1 aliphatic carbocycles. The lowest BCUT2D eigenvalue weighted by Gasteiger charge is -2.37. The maximum absolute atomic E-state index is 5.81. The summed E-state index contributed by atoms with van der Waals surface area (Å²) < 4.78 is 0. The first-order chi connectivity index (χ1) is 7.27. The Kier molecular flexibility index (Phi) is 2.04. The maximum Gasteiger partial charge on any atom is 0.0441 e. The molecule has 80 valence electrons. The van der Waals surface area contributed by atoms with Gasteiger partial charge >= 0.3 is 0 Å². The van der Waals surface area contributed by atoms with Gasteiger partial charge in [-0.05, 0) is 42.7 Å². The fourth-order valence-electron chi connectivity index (χ4n) is 2.97. The zero-order valence-corrected chi connectivity index (χ0v) is 8.95. The molecule has 0 saturated carbocycles. The number of nitrogens with zero attached hydrogens (tertiary/aromatic N) is 2. The number of fused-ring (bicyclic) bond motifs is 1. The van der Waals surface area contributed by atoms with Crippen LogP contribution in [-0.2, 0) is 12.8 Å². The van der Waals surface area contributed by atoms with Crippen molar-refractivity contribution in [3.8, 4) is 0 Å². The van der Waals surface area contributed by atoms with E-state index in [-0.39, 0.29) is 0 Å². The SMILES string of the molecule is NN1CCC2(CC1)Cc1cccnc1C2. The van der Waals surface area contributed by atoms with Crippen LogP contribution in [0.5, 0.6) is 0 Å². The molecule has 0 unspecified atom stereocenters. The molecule has 1 fully saturated rings. The smallest absolute Gasteiger partial charge is 0.0441 e. The van der Waals surface area contributed by atoms with Gasteiger partial charge in [-0.2, -0.15) is 0 Å². The molecule has 2 N–H and O–H groups in total. The Morgan fingerprint density at radius 1 is 1.27 bits per heavy atom. The molecule has 1 aliphatic heterocycles. The lowest BCUT2D eigenvalue weighted by molar-refractivity contribution is 0.112. The molecule has 3 rings (SSSR count). The molecular formula is C12H17N3. The molecule has 1 aromatic heterocycles. The van der Waals surface area contributed by atoms with Crippen LogP contribution in [0.3, 0.4) is 0 Å². The lowest BCUT2D eigenvalue weighted by atomic mass is 9.76. The molecule has 0 bridgehead atoms. The van der Waals surface area contributed by atoms with Crippen molar-refractivity contribution < 1.29 is 0 Å². The third-order valence-corrected chi connectivity index (χ3v) is 3.95. The van der Waals surface area contributed by atoms with E-state index in [1.165, 1.54) is 30.5 Å². The number of nitrogens with two attached hydrogens (primary N) is 1. The van der Waals surface area contributed by atoms with E-state index in [0.29, 0.717) is 5.41 Å². The summed E-state index contributed by atoms with van der Waals surface area (Å²) in [5.74, 6) is 5.81. The Balaban J connectivity index is 1.83. The highest BCUT2D eigenvalue weighted by Crippen LogP contribution is 2.43. The zero-order chi connectivity index (χ0) is 10.3. The maximum atomic E-state index is 5.81. The summed E-state index contributed by atoms with van der Waals surface area (Å²) in [7, 11) is 0. The fourth-order valence-corrected chi connectivity index (χ4v) is 2.97. The summed E-state index contributed by atoms with van der Waals surface area (Å²) in [6, 6.07) is 4.28. The van der Waals surface area contributed by atoms with E-state index >= 15 is 0 Å². The topological polar surface area (TPSA) is 42.1 Å². The summed E-state index contributed by atoms with van der Waals surface area (Å²) in [5.41, 5.74) is 3.26. The van der Waals surface area contributed by atoms with Gasteiger partial charge in [-0.15, -0.1) is 0 Å². The average Bonchev–Trinajstić information content (AvgIpc) is 2.61. The monoisotopic (exact) mass is 203 g/mol. The third kappa shape index (κ3) is 1.56. The van der Waals surface area contributed by atoms with E-state index in [4.69, 9.17) is 5.84 Å². The van der Waals surface area contributed by atoms with Crippen LogP contribution in [-0.4, -0.2) is 23.1 Å². The van der Waals surface area contributed by atoms with E-state index in [1.54, 1.807) is 0 Å². The van der Waals surface area contributed by atoms with Crippen LogP contribution < -0.4 is 5.84 Å². The van der Waals surface area contributed by atoms with Gasteiger partial charge in [0.2, 0.25) is 0 Å². The van der Waals surface area contributed by atoms with E-state index in [9.17, 15) is 0 Å². The number of hydrogen-bond acceptors (Lipinski definition) is 3. The van der Waals surface area contributed by atoms with Crippen LogP contribution in [0.2, 0.25) is 0 Å². The Morgan fingerprint density at radius 3 is 2.80 bits per heavy atom. The number of pyridine rings is 1. The summed E-state index contributed by atoms with van der Waals surface area (Å²) in [6.07, 6.45) is 6.73. The predicted octanol–water partition coefficient (Wildman–Crippen LogP) is 1.14. The third-order valence-electron chi connectivity index (χ3n) is 3.95. The second-order valence-electron chi connectivity index (χ2n) is 5.00. The van der Waals surface area contributed by atoms with Crippen LogP contribution in [0.25, 0.3) is 0 Å². The van der Waals surface area contributed by atoms with Crippen LogP contribution in [0.15, 0.2) is 18.3 Å². The Bertz CT molecular complexity index is 340. The first-order valence-corrected chi connectivity index (χ1v) is 5.70.